The standard InChI is InChI=1S/C29H23F5N6O3/c1-28(2,14-35)26-39-38-24(43-26)18-9-23-19(10-20(18)30)29(33,34)11-21(36)25(41)40(23)13-15-3-5-16(6-4-15)22-8-7-17(12-37-22)42-27(31)32/h3-10,12,21,27H,11,13,36H2,1-2H3/t21-/m1/s1. The fourth-order valence-corrected chi connectivity index (χ4v) is 4.52. The van der Waals surface area contributed by atoms with Crippen molar-refractivity contribution in [2.75, 3.05) is 4.90 Å². The van der Waals surface area contributed by atoms with Gasteiger partial charge in [-0.15, -0.1) is 10.2 Å². The topological polar surface area (TPSA) is 131 Å². The average molecular weight is 599 g/mol. The Bertz CT molecular complexity index is 1700. The number of carbonyl (C=O) groups is 1. The van der Waals surface area contributed by atoms with Gasteiger partial charge < -0.3 is 19.8 Å². The van der Waals surface area contributed by atoms with Crippen molar-refractivity contribution in [2.24, 2.45) is 5.73 Å². The Kier molecular flexibility index (Phi) is 7.61. The number of aromatic nitrogens is 3. The highest BCUT2D eigenvalue weighted by molar-refractivity contribution is 5.99. The lowest BCUT2D eigenvalue weighted by atomic mass is 9.96. The van der Waals surface area contributed by atoms with Crippen molar-refractivity contribution >= 4 is 11.6 Å². The van der Waals surface area contributed by atoms with E-state index < -0.39 is 47.7 Å². The van der Waals surface area contributed by atoms with Gasteiger partial charge in [0.05, 0.1) is 41.8 Å². The number of carbonyl (C=O) groups excluding carboxylic acids is 1. The fourth-order valence-electron chi connectivity index (χ4n) is 4.52. The van der Waals surface area contributed by atoms with E-state index in [4.69, 9.17) is 10.2 Å². The minimum Gasteiger partial charge on any atom is -0.433 e. The molecule has 9 nitrogen and oxygen atoms in total. The SMILES string of the molecule is CC(C)(C#N)c1nnc(-c2cc3c(cc2F)C(F)(F)C[C@@H](N)C(=O)N3Cc2ccc(-c3ccc(OC(F)F)cn3)cc2)o1. The molecule has 0 unspecified atom stereocenters. The van der Waals surface area contributed by atoms with Crippen LogP contribution in [0.5, 0.6) is 5.75 Å². The van der Waals surface area contributed by atoms with Crippen LogP contribution in [0.3, 0.4) is 0 Å². The van der Waals surface area contributed by atoms with Crippen molar-refractivity contribution in [3.63, 3.8) is 0 Å². The Labute approximate surface area is 241 Å². The number of nitriles is 1. The lowest BCUT2D eigenvalue weighted by Crippen LogP contribution is -2.43. The Morgan fingerprint density at radius 2 is 1.91 bits per heavy atom. The first-order chi connectivity index (χ1) is 20.3. The van der Waals surface area contributed by atoms with Crippen molar-refractivity contribution in [2.45, 2.75) is 50.8 Å². The number of fused-ring (bicyclic) bond motifs is 1. The molecule has 2 N–H and O–H groups in total. The van der Waals surface area contributed by atoms with Gasteiger partial charge in [-0.25, -0.2) is 13.2 Å². The number of rotatable bonds is 7. The summed E-state index contributed by atoms with van der Waals surface area (Å²) >= 11 is 0. The van der Waals surface area contributed by atoms with Crippen LogP contribution in [-0.2, 0) is 22.7 Å². The van der Waals surface area contributed by atoms with Crippen LogP contribution < -0.4 is 15.4 Å². The van der Waals surface area contributed by atoms with Gasteiger partial charge in [0.25, 0.3) is 11.8 Å². The van der Waals surface area contributed by atoms with E-state index in [1.807, 2.05) is 6.07 Å². The second-order valence-electron chi connectivity index (χ2n) is 10.4. The summed E-state index contributed by atoms with van der Waals surface area (Å²) in [7, 11) is 0. The molecule has 1 atom stereocenters. The largest absolute Gasteiger partial charge is 0.433 e. The molecule has 1 amide bonds. The van der Waals surface area contributed by atoms with E-state index in [0.717, 1.165) is 17.2 Å². The lowest BCUT2D eigenvalue weighted by Gasteiger charge is -2.25. The third kappa shape index (κ3) is 5.89. The monoisotopic (exact) mass is 598 g/mol. The van der Waals surface area contributed by atoms with Gasteiger partial charge >= 0.3 is 6.61 Å². The van der Waals surface area contributed by atoms with E-state index in [1.165, 1.54) is 26.0 Å². The van der Waals surface area contributed by atoms with Crippen LogP contribution in [0, 0.1) is 17.1 Å². The summed E-state index contributed by atoms with van der Waals surface area (Å²) in [6.07, 6.45) is 0.110. The van der Waals surface area contributed by atoms with E-state index in [9.17, 15) is 18.8 Å². The molecule has 43 heavy (non-hydrogen) atoms. The van der Waals surface area contributed by atoms with E-state index in [0.29, 0.717) is 22.9 Å². The third-order valence-electron chi connectivity index (χ3n) is 6.85. The average Bonchev–Trinajstić information content (AvgIpc) is 3.45. The molecule has 0 saturated heterocycles. The molecule has 0 aliphatic carbocycles. The number of alkyl halides is 4. The molecule has 0 spiro atoms. The predicted octanol–water partition coefficient (Wildman–Crippen LogP) is 5.70. The van der Waals surface area contributed by atoms with Crippen LogP contribution in [0.25, 0.3) is 22.7 Å². The van der Waals surface area contributed by atoms with Gasteiger partial charge in [0.1, 0.15) is 17.0 Å². The first kappa shape index (κ1) is 29.6. The summed E-state index contributed by atoms with van der Waals surface area (Å²) in [5.41, 5.74) is 4.88. The number of amides is 1. The smallest absolute Gasteiger partial charge is 0.387 e. The molecular formula is C29H23F5N6O3. The van der Waals surface area contributed by atoms with Crippen molar-refractivity contribution < 1.29 is 35.9 Å². The Morgan fingerprint density at radius 1 is 1.19 bits per heavy atom. The summed E-state index contributed by atoms with van der Waals surface area (Å²) in [6.45, 7) is -0.164. The van der Waals surface area contributed by atoms with Crippen LogP contribution in [-0.4, -0.2) is 33.7 Å². The Hall–Kier alpha value is -4.90. The Morgan fingerprint density at radius 3 is 2.53 bits per heavy atom. The highest BCUT2D eigenvalue weighted by Crippen LogP contribution is 2.45. The molecule has 1 aliphatic heterocycles. The maximum Gasteiger partial charge on any atom is 0.387 e. The van der Waals surface area contributed by atoms with Gasteiger partial charge in [-0.1, -0.05) is 24.3 Å². The van der Waals surface area contributed by atoms with E-state index >= 15 is 13.2 Å². The fraction of sp³-hybridized carbons (Fsp3) is 0.276. The van der Waals surface area contributed by atoms with Crippen molar-refractivity contribution in [3.8, 4) is 34.5 Å². The minimum absolute atomic E-state index is 0.106. The Balaban J connectivity index is 1.51. The number of pyridine rings is 1. The molecule has 0 saturated carbocycles. The molecular weight excluding hydrogens is 575 g/mol. The van der Waals surface area contributed by atoms with E-state index in [2.05, 4.69) is 19.9 Å². The highest BCUT2D eigenvalue weighted by atomic mass is 19.3. The zero-order valence-corrected chi connectivity index (χ0v) is 22.7. The number of nitrogens with zero attached hydrogens (tertiary/aromatic N) is 5. The van der Waals surface area contributed by atoms with E-state index in [1.54, 1.807) is 24.3 Å². The van der Waals surface area contributed by atoms with Crippen molar-refractivity contribution in [3.05, 3.63) is 77.6 Å². The normalized spacial score (nSPS) is 16.5. The van der Waals surface area contributed by atoms with Gasteiger partial charge in [-0.3, -0.25) is 9.78 Å². The maximum absolute atomic E-state index is 15.3. The predicted molar refractivity (Wildman–Crippen MR) is 142 cm³/mol. The van der Waals surface area contributed by atoms with Crippen LogP contribution in [0.2, 0.25) is 0 Å². The van der Waals surface area contributed by atoms with Gasteiger partial charge in [0.15, 0.2) is 0 Å². The van der Waals surface area contributed by atoms with Gasteiger partial charge in [0.2, 0.25) is 11.8 Å². The lowest BCUT2D eigenvalue weighted by molar-refractivity contribution is -0.122. The molecule has 1 aliphatic rings. The van der Waals surface area contributed by atoms with Crippen LogP contribution in [0.1, 0.15) is 37.3 Å². The van der Waals surface area contributed by atoms with Gasteiger partial charge in [-0.05, 0) is 43.7 Å². The number of hydrogen-bond acceptors (Lipinski definition) is 8. The number of ether oxygens (including phenoxy) is 1. The maximum atomic E-state index is 15.3. The van der Waals surface area contributed by atoms with Crippen LogP contribution >= 0.6 is 0 Å². The molecule has 0 fully saturated rings. The number of benzene rings is 2. The molecule has 14 heteroatoms. The summed E-state index contributed by atoms with van der Waals surface area (Å²) in [6, 6.07) is 11.4. The zero-order chi connectivity index (χ0) is 31.1. The number of anilines is 1. The quantitative estimate of drug-likeness (QED) is 0.268. The van der Waals surface area contributed by atoms with Crippen LogP contribution in [0.4, 0.5) is 27.6 Å². The van der Waals surface area contributed by atoms with Crippen LogP contribution in [0.15, 0.2) is 59.1 Å². The number of halogens is 5. The molecule has 5 rings (SSSR count). The van der Waals surface area contributed by atoms with Gasteiger partial charge in [0, 0.05) is 17.5 Å². The first-order valence-electron chi connectivity index (χ1n) is 12.8. The molecule has 4 aromatic rings. The number of nitrogens with two attached hydrogens (primary N) is 1. The second kappa shape index (κ2) is 11.1. The highest BCUT2D eigenvalue weighted by Gasteiger charge is 2.45. The molecule has 0 bridgehead atoms. The first-order valence-corrected chi connectivity index (χ1v) is 12.8. The summed E-state index contributed by atoms with van der Waals surface area (Å²) < 4.78 is 80.5. The zero-order valence-electron chi connectivity index (χ0n) is 22.7. The summed E-state index contributed by atoms with van der Waals surface area (Å²) in [5, 5.41) is 17.0. The molecule has 0 radical (unpaired) electrons. The van der Waals surface area contributed by atoms with Crippen molar-refractivity contribution in [1.82, 2.24) is 15.2 Å². The molecule has 2 aromatic carbocycles. The molecule has 3 heterocycles. The number of hydrogen-bond donors (Lipinski definition) is 1. The van der Waals surface area contributed by atoms with Crippen molar-refractivity contribution in [1.29, 1.82) is 5.26 Å². The second-order valence-corrected chi connectivity index (χ2v) is 10.4. The minimum atomic E-state index is -3.64. The summed E-state index contributed by atoms with van der Waals surface area (Å²) in [4.78, 5) is 18.5. The summed E-state index contributed by atoms with van der Waals surface area (Å²) in [5.74, 6) is -6.11. The molecule has 2 aromatic heterocycles. The molecule has 222 valence electrons. The van der Waals surface area contributed by atoms with Gasteiger partial charge in [-0.2, -0.15) is 14.0 Å². The van der Waals surface area contributed by atoms with E-state index in [-0.39, 0.29) is 35.3 Å². The third-order valence-corrected chi connectivity index (χ3v) is 6.85.